The van der Waals surface area contributed by atoms with Gasteiger partial charge in [0.05, 0.1) is 6.54 Å². The summed E-state index contributed by atoms with van der Waals surface area (Å²) in [6.45, 7) is 7.74. The fourth-order valence-electron chi connectivity index (χ4n) is 2.03. The molecule has 4 nitrogen and oxygen atoms in total. The van der Waals surface area contributed by atoms with Gasteiger partial charge >= 0.3 is 6.09 Å². The van der Waals surface area contributed by atoms with Gasteiger partial charge in [0.2, 0.25) is 0 Å². The van der Waals surface area contributed by atoms with Crippen LogP contribution in [0.5, 0.6) is 0 Å². The predicted molar refractivity (Wildman–Crippen MR) is 55.3 cm³/mol. The van der Waals surface area contributed by atoms with Crippen molar-refractivity contribution in [1.82, 2.24) is 10.6 Å². The van der Waals surface area contributed by atoms with E-state index < -0.39 is 0 Å². The van der Waals surface area contributed by atoms with Crippen LogP contribution in [0.3, 0.4) is 0 Å². The van der Waals surface area contributed by atoms with Gasteiger partial charge in [-0.1, -0.05) is 13.8 Å². The van der Waals surface area contributed by atoms with Crippen molar-refractivity contribution < 1.29 is 9.53 Å². The third-order valence-electron chi connectivity index (χ3n) is 2.62. The van der Waals surface area contributed by atoms with Crippen LogP contribution in [0.15, 0.2) is 0 Å². The van der Waals surface area contributed by atoms with Crippen molar-refractivity contribution in [2.75, 3.05) is 13.1 Å². The smallest absolute Gasteiger partial charge is 0.407 e. The van der Waals surface area contributed by atoms with Crippen LogP contribution in [-0.4, -0.2) is 30.8 Å². The molecule has 2 atom stereocenters. The van der Waals surface area contributed by atoms with Gasteiger partial charge in [0, 0.05) is 18.9 Å². The van der Waals surface area contributed by atoms with Crippen molar-refractivity contribution in [1.29, 1.82) is 0 Å². The highest BCUT2D eigenvalue weighted by atomic mass is 16.6. The Morgan fingerprint density at radius 1 is 1.50 bits per heavy atom. The van der Waals surface area contributed by atoms with E-state index in [1.807, 2.05) is 13.8 Å². The van der Waals surface area contributed by atoms with Crippen LogP contribution >= 0.6 is 0 Å². The van der Waals surface area contributed by atoms with Gasteiger partial charge < -0.3 is 15.4 Å². The Labute approximate surface area is 85.4 Å². The number of alkyl carbamates (subject to hydrolysis) is 1. The zero-order valence-corrected chi connectivity index (χ0v) is 9.22. The summed E-state index contributed by atoms with van der Waals surface area (Å²) < 4.78 is 5.27. The van der Waals surface area contributed by atoms with Crippen LogP contribution in [0.4, 0.5) is 4.79 Å². The third-order valence-corrected chi connectivity index (χ3v) is 2.62. The second kappa shape index (κ2) is 4.64. The first kappa shape index (κ1) is 11.3. The van der Waals surface area contributed by atoms with E-state index in [9.17, 15) is 4.79 Å². The van der Waals surface area contributed by atoms with Crippen molar-refractivity contribution in [3.8, 4) is 0 Å². The largest absolute Gasteiger partial charge is 0.441 e. The highest BCUT2D eigenvalue weighted by Crippen LogP contribution is 2.28. The SMILES string of the molecule is CC.CC1CC2(CCN1)CNC(=O)O2. The number of hydrogen-bond acceptors (Lipinski definition) is 3. The Morgan fingerprint density at radius 3 is 2.71 bits per heavy atom. The molecule has 2 unspecified atom stereocenters. The van der Waals surface area contributed by atoms with Gasteiger partial charge in [0.1, 0.15) is 5.60 Å². The number of hydrogen-bond donors (Lipinski definition) is 2. The van der Waals surface area contributed by atoms with E-state index in [-0.39, 0.29) is 11.7 Å². The normalized spacial score (nSPS) is 35.6. The predicted octanol–water partition coefficient (Wildman–Crippen LogP) is 1.26. The second-order valence-corrected chi connectivity index (χ2v) is 3.74. The van der Waals surface area contributed by atoms with Crippen LogP contribution in [0.1, 0.15) is 33.6 Å². The molecular weight excluding hydrogens is 180 g/mol. The fourth-order valence-corrected chi connectivity index (χ4v) is 2.03. The van der Waals surface area contributed by atoms with Crippen molar-refractivity contribution in [2.45, 2.75) is 45.3 Å². The minimum absolute atomic E-state index is 0.207. The average Bonchev–Trinajstić information content (AvgIpc) is 2.50. The summed E-state index contributed by atoms with van der Waals surface area (Å²) in [5, 5.41) is 6.04. The van der Waals surface area contributed by atoms with Crippen LogP contribution in [0, 0.1) is 0 Å². The van der Waals surface area contributed by atoms with E-state index in [2.05, 4.69) is 17.6 Å². The lowest BCUT2D eigenvalue weighted by atomic mass is 9.89. The zero-order chi connectivity index (χ0) is 10.6. The van der Waals surface area contributed by atoms with Crippen molar-refractivity contribution in [3.63, 3.8) is 0 Å². The highest BCUT2D eigenvalue weighted by molar-refractivity contribution is 5.70. The quantitative estimate of drug-likeness (QED) is 0.619. The van der Waals surface area contributed by atoms with Crippen molar-refractivity contribution in [3.05, 3.63) is 0 Å². The minimum atomic E-state index is -0.260. The number of carbonyl (C=O) groups is 1. The summed E-state index contributed by atoms with van der Waals surface area (Å²) in [4.78, 5) is 10.9. The molecule has 82 valence electrons. The van der Waals surface area contributed by atoms with E-state index in [4.69, 9.17) is 4.74 Å². The number of nitrogens with one attached hydrogen (secondary N) is 2. The van der Waals surface area contributed by atoms with Crippen LogP contribution in [0.2, 0.25) is 0 Å². The Bertz CT molecular complexity index is 208. The summed E-state index contributed by atoms with van der Waals surface area (Å²) in [5.74, 6) is 0. The molecule has 2 rings (SSSR count). The molecule has 0 aromatic heterocycles. The zero-order valence-electron chi connectivity index (χ0n) is 9.22. The summed E-state index contributed by atoms with van der Waals surface area (Å²) in [5.41, 5.74) is -0.207. The van der Waals surface area contributed by atoms with Gasteiger partial charge in [-0.05, 0) is 13.5 Å². The monoisotopic (exact) mass is 200 g/mol. The number of piperidine rings is 1. The highest BCUT2D eigenvalue weighted by Gasteiger charge is 2.42. The fraction of sp³-hybridized carbons (Fsp3) is 0.900. The molecule has 2 fully saturated rings. The van der Waals surface area contributed by atoms with Gasteiger partial charge in [0.25, 0.3) is 0 Å². The van der Waals surface area contributed by atoms with Crippen LogP contribution in [0.25, 0.3) is 0 Å². The molecule has 14 heavy (non-hydrogen) atoms. The maximum absolute atomic E-state index is 10.9. The lowest BCUT2D eigenvalue weighted by Gasteiger charge is -2.34. The Kier molecular flexibility index (Phi) is 3.75. The first-order chi connectivity index (χ1) is 6.70. The second-order valence-electron chi connectivity index (χ2n) is 3.74. The van der Waals surface area contributed by atoms with Crippen LogP contribution in [-0.2, 0) is 4.74 Å². The summed E-state index contributed by atoms with van der Waals surface area (Å²) in [6, 6.07) is 0.450. The van der Waals surface area contributed by atoms with E-state index in [0.29, 0.717) is 12.6 Å². The standard InChI is InChI=1S/C8H14N2O2.C2H6/c1-6-4-8(2-3-9-6)5-10-7(11)12-8;1-2/h6,9H,2-5H2,1H3,(H,10,11);1-2H3. The molecule has 2 aliphatic heterocycles. The van der Waals surface area contributed by atoms with E-state index in [1.165, 1.54) is 0 Å². The van der Waals surface area contributed by atoms with Gasteiger partial charge in [-0.25, -0.2) is 4.79 Å². The molecule has 0 aliphatic carbocycles. The minimum Gasteiger partial charge on any atom is -0.441 e. The first-order valence-electron chi connectivity index (χ1n) is 5.40. The summed E-state index contributed by atoms with van der Waals surface area (Å²) in [7, 11) is 0. The van der Waals surface area contributed by atoms with Crippen molar-refractivity contribution in [2.24, 2.45) is 0 Å². The number of carbonyl (C=O) groups excluding carboxylic acids is 1. The number of ether oxygens (including phenoxy) is 1. The number of rotatable bonds is 0. The molecule has 0 bridgehead atoms. The Balaban J connectivity index is 0.000000461. The molecular formula is C10H20N2O2. The molecule has 0 radical (unpaired) electrons. The molecule has 2 saturated heterocycles. The molecule has 2 heterocycles. The molecule has 0 saturated carbocycles. The lowest BCUT2D eigenvalue weighted by molar-refractivity contribution is 0.0205. The molecule has 2 aliphatic rings. The Hall–Kier alpha value is -0.770. The average molecular weight is 200 g/mol. The molecule has 1 spiro atoms. The molecule has 0 aromatic carbocycles. The number of amides is 1. The van der Waals surface area contributed by atoms with Crippen molar-refractivity contribution >= 4 is 6.09 Å². The maximum Gasteiger partial charge on any atom is 0.407 e. The summed E-state index contributed by atoms with van der Waals surface area (Å²) >= 11 is 0. The van der Waals surface area contributed by atoms with Crippen LogP contribution < -0.4 is 10.6 Å². The van der Waals surface area contributed by atoms with E-state index >= 15 is 0 Å². The van der Waals surface area contributed by atoms with Gasteiger partial charge in [-0.3, -0.25) is 0 Å². The Morgan fingerprint density at radius 2 is 2.21 bits per heavy atom. The van der Waals surface area contributed by atoms with Gasteiger partial charge in [-0.15, -0.1) is 0 Å². The first-order valence-corrected chi connectivity index (χ1v) is 5.40. The lowest BCUT2D eigenvalue weighted by Crippen LogP contribution is -2.48. The molecule has 4 heteroatoms. The molecule has 0 aromatic rings. The van der Waals surface area contributed by atoms with Gasteiger partial charge in [0.15, 0.2) is 0 Å². The molecule has 2 N–H and O–H groups in total. The summed E-state index contributed by atoms with van der Waals surface area (Å²) in [6.07, 6.45) is 1.59. The van der Waals surface area contributed by atoms with E-state index in [1.54, 1.807) is 0 Å². The molecule has 1 amide bonds. The topological polar surface area (TPSA) is 50.4 Å². The van der Waals surface area contributed by atoms with E-state index in [0.717, 1.165) is 19.4 Å². The van der Waals surface area contributed by atoms with Gasteiger partial charge in [-0.2, -0.15) is 0 Å². The maximum atomic E-state index is 10.9. The third kappa shape index (κ3) is 2.38.